The molecule has 3 aromatic heterocycles. The number of H-pyrrole nitrogens is 1. The van der Waals surface area contributed by atoms with Gasteiger partial charge < -0.3 is 9.80 Å². The van der Waals surface area contributed by atoms with Crippen LogP contribution in [0.3, 0.4) is 0 Å². The van der Waals surface area contributed by atoms with Crippen LogP contribution in [-0.2, 0) is 0 Å². The van der Waals surface area contributed by atoms with Gasteiger partial charge in [0.15, 0.2) is 11.3 Å². The topological polar surface area (TPSA) is 82.4 Å². The number of hydrogen-bond acceptors (Lipinski definition) is 5. The number of aryl methyl sites for hydroxylation is 1. The van der Waals surface area contributed by atoms with Crippen molar-refractivity contribution >= 4 is 11.6 Å². The quantitative estimate of drug-likeness (QED) is 0.678. The minimum absolute atomic E-state index is 0.0523. The lowest BCUT2D eigenvalue weighted by Gasteiger charge is -2.19. The maximum atomic E-state index is 13.0. The summed E-state index contributed by atoms with van der Waals surface area (Å²) in [4.78, 5) is 21.2. The van der Waals surface area contributed by atoms with E-state index in [2.05, 4.69) is 45.1 Å². The van der Waals surface area contributed by atoms with Crippen molar-refractivity contribution in [2.45, 2.75) is 33.1 Å². The predicted octanol–water partition coefficient (Wildman–Crippen LogP) is 2.57. The van der Waals surface area contributed by atoms with E-state index in [-0.39, 0.29) is 11.8 Å². The number of fused-ring (bicyclic) bond motifs is 1. The van der Waals surface area contributed by atoms with Crippen LogP contribution < -0.4 is 0 Å². The molecule has 1 N–H and O–H groups in total. The summed E-state index contributed by atoms with van der Waals surface area (Å²) >= 11 is 0. The number of hydrogen-bond donors (Lipinski definition) is 1. The lowest BCUT2D eigenvalue weighted by molar-refractivity contribution is 0.0783. The average molecular weight is 384 g/mol. The Labute approximate surface area is 165 Å². The van der Waals surface area contributed by atoms with Crippen LogP contribution >= 0.6 is 0 Å². The highest BCUT2D eigenvalue weighted by atomic mass is 16.2. The molecule has 3 heterocycles. The number of carbonyl (C=O) groups is 1. The van der Waals surface area contributed by atoms with Gasteiger partial charge in [0, 0.05) is 30.9 Å². The van der Waals surface area contributed by atoms with Crippen LogP contribution in [0.5, 0.6) is 0 Å². The first-order valence-corrected chi connectivity index (χ1v) is 9.58. The van der Waals surface area contributed by atoms with Gasteiger partial charge in [0.05, 0.1) is 5.69 Å². The summed E-state index contributed by atoms with van der Waals surface area (Å²) in [6, 6.07) is 2.05. The largest absolute Gasteiger partial charge is 0.340 e. The Balaban J connectivity index is 1.94. The van der Waals surface area contributed by atoms with Gasteiger partial charge >= 0.3 is 0 Å². The molecule has 0 saturated carbocycles. The monoisotopic (exact) mass is 383 g/mol. The third kappa shape index (κ3) is 3.91. The Morgan fingerprint density at radius 2 is 2.00 bits per heavy atom. The van der Waals surface area contributed by atoms with Crippen molar-refractivity contribution in [3.63, 3.8) is 0 Å². The highest BCUT2D eigenvalue weighted by Gasteiger charge is 2.25. The van der Waals surface area contributed by atoms with Crippen LogP contribution in [0.4, 0.5) is 0 Å². The molecule has 3 rings (SSSR count). The molecular formula is C20H29N7O. The Morgan fingerprint density at radius 1 is 1.25 bits per heavy atom. The van der Waals surface area contributed by atoms with Crippen molar-refractivity contribution in [1.29, 1.82) is 0 Å². The molecule has 3 aromatic rings. The first kappa shape index (κ1) is 20.0. The zero-order valence-corrected chi connectivity index (χ0v) is 17.5. The third-order valence-electron chi connectivity index (χ3n) is 4.88. The third-order valence-corrected chi connectivity index (χ3v) is 4.88. The van der Waals surface area contributed by atoms with Gasteiger partial charge in [-0.3, -0.25) is 9.89 Å². The molecule has 0 saturated heterocycles. The van der Waals surface area contributed by atoms with E-state index in [1.165, 1.54) is 0 Å². The molecule has 0 aliphatic rings. The van der Waals surface area contributed by atoms with E-state index in [0.29, 0.717) is 12.2 Å². The maximum absolute atomic E-state index is 13.0. The Hall–Kier alpha value is -2.74. The Bertz CT molecular complexity index is 970. The number of carbonyl (C=O) groups excluding carboxylic acids is 1. The second kappa shape index (κ2) is 8.10. The van der Waals surface area contributed by atoms with Crippen LogP contribution in [0.2, 0.25) is 0 Å². The molecule has 28 heavy (non-hydrogen) atoms. The van der Waals surface area contributed by atoms with E-state index in [4.69, 9.17) is 0 Å². The van der Waals surface area contributed by atoms with E-state index >= 15 is 0 Å². The fourth-order valence-corrected chi connectivity index (χ4v) is 3.43. The smallest absolute Gasteiger partial charge is 0.274 e. The van der Waals surface area contributed by atoms with E-state index in [1.54, 1.807) is 15.7 Å². The first-order chi connectivity index (χ1) is 13.3. The van der Waals surface area contributed by atoms with Crippen LogP contribution in [0.1, 0.15) is 47.8 Å². The van der Waals surface area contributed by atoms with E-state index in [0.717, 1.165) is 41.0 Å². The molecule has 0 radical (unpaired) electrons. The van der Waals surface area contributed by atoms with Crippen LogP contribution in [-0.4, -0.2) is 74.7 Å². The summed E-state index contributed by atoms with van der Waals surface area (Å²) in [5.41, 5.74) is 5.08. The van der Waals surface area contributed by atoms with E-state index < -0.39 is 0 Å². The maximum Gasteiger partial charge on any atom is 0.274 e. The number of aromatic nitrogens is 5. The number of nitrogens with one attached hydrogen (secondary N) is 1. The van der Waals surface area contributed by atoms with Gasteiger partial charge in [-0.15, -0.1) is 0 Å². The number of rotatable bonds is 7. The Morgan fingerprint density at radius 3 is 2.68 bits per heavy atom. The normalized spacial score (nSPS) is 11.7. The fraction of sp³-hybridized carbons (Fsp3) is 0.500. The Kier molecular flexibility index (Phi) is 5.79. The van der Waals surface area contributed by atoms with Gasteiger partial charge in [-0.1, -0.05) is 13.8 Å². The molecule has 0 bridgehead atoms. The van der Waals surface area contributed by atoms with Crippen molar-refractivity contribution in [1.82, 2.24) is 34.6 Å². The SMILES string of the molecule is Cc1cc(-c2[nH]nc(C(=O)N(C)CCCN(C)C)c2C(C)C)cn2ncnc12. The minimum atomic E-state index is -0.0523. The molecule has 1 amide bonds. The van der Waals surface area contributed by atoms with Crippen molar-refractivity contribution in [3.8, 4) is 11.3 Å². The summed E-state index contributed by atoms with van der Waals surface area (Å²) < 4.78 is 1.75. The molecule has 0 atom stereocenters. The summed E-state index contributed by atoms with van der Waals surface area (Å²) in [5.74, 6) is 0.0955. The van der Waals surface area contributed by atoms with Crippen LogP contribution in [0, 0.1) is 6.92 Å². The molecule has 0 fully saturated rings. The summed E-state index contributed by atoms with van der Waals surface area (Å²) in [6.45, 7) is 7.80. The lowest BCUT2D eigenvalue weighted by Crippen LogP contribution is -2.30. The molecule has 0 aromatic carbocycles. The molecular weight excluding hydrogens is 354 g/mol. The van der Waals surface area contributed by atoms with Gasteiger partial charge in [-0.05, 0) is 51.5 Å². The summed E-state index contributed by atoms with van der Waals surface area (Å²) in [7, 11) is 5.90. The fourth-order valence-electron chi connectivity index (χ4n) is 3.43. The zero-order chi connectivity index (χ0) is 20.4. The average Bonchev–Trinajstić information content (AvgIpc) is 3.27. The molecule has 0 aliphatic carbocycles. The standard InChI is InChI=1S/C20H29N7O/c1-13(2)16-17(15-10-14(3)19-21-12-22-27(19)11-15)23-24-18(16)20(28)26(6)9-7-8-25(4)5/h10-13H,7-9H2,1-6H3,(H,23,24). The van der Waals surface area contributed by atoms with Crippen molar-refractivity contribution < 1.29 is 4.79 Å². The van der Waals surface area contributed by atoms with Gasteiger partial charge in [0.25, 0.3) is 5.91 Å². The van der Waals surface area contributed by atoms with E-state index in [1.807, 2.05) is 34.3 Å². The van der Waals surface area contributed by atoms with Crippen molar-refractivity contribution in [2.75, 3.05) is 34.2 Å². The number of pyridine rings is 1. The second-order valence-electron chi connectivity index (χ2n) is 7.84. The van der Waals surface area contributed by atoms with E-state index in [9.17, 15) is 4.79 Å². The highest BCUT2D eigenvalue weighted by Crippen LogP contribution is 2.31. The summed E-state index contributed by atoms with van der Waals surface area (Å²) in [5, 5.41) is 11.8. The van der Waals surface area contributed by atoms with Crippen molar-refractivity contribution in [3.05, 3.63) is 35.4 Å². The molecule has 0 aliphatic heterocycles. The minimum Gasteiger partial charge on any atom is -0.340 e. The highest BCUT2D eigenvalue weighted by molar-refractivity contribution is 5.95. The van der Waals surface area contributed by atoms with Crippen molar-refractivity contribution in [2.24, 2.45) is 0 Å². The van der Waals surface area contributed by atoms with Crippen LogP contribution in [0.25, 0.3) is 16.9 Å². The predicted molar refractivity (Wildman–Crippen MR) is 110 cm³/mol. The van der Waals surface area contributed by atoms with Gasteiger partial charge in [-0.25, -0.2) is 9.50 Å². The van der Waals surface area contributed by atoms with Gasteiger partial charge in [0.2, 0.25) is 0 Å². The second-order valence-corrected chi connectivity index (χ2v) is 7.84. The molecule has 0 unspecified atom stereocenters. The molecule has 8 nitrogen and oxygen atoms in total. The van der Waals surface area contributed by atoms with Crippen LogP contribution in [0.15, 0.2) is 18.6 Å². The number of aromatic amines is 1. The first-order valence-electron chi connectivity index (χ1n) is 9.58. The number of amides is 1. The summed E-state index contributed by atoms with van der Waals surface area (Å²) in [6.07, 6.45) is 4.38. The molecule has 0 spiro atoms. The lowest BCUT2D eigenvalue weighted by atomic mass is 9.96. The molecule has 150 valence electrons. The molecule has 8 heteroatoms. The van der Waals surface area contributed by atoms with Gasteiger partial charge in [0.1, 0.15) is 6.33 Å². The van der Waals surface area contributed by atoms with Gasteiger partial charge in [-0.2, -0.15) is 10.2 Å². The number of nitrogens with zero attached hydrogens (tertiary/aromatic N) is 6. The zero-order valence-electron chi connectivity index (χ0n) is 17.5.